The monoisotopic (exact) mass is 345 g/mol. The molecule has 1 radical (unpaired) electrons. The summed E-state index contributed by atoms with van der Waals surface area (Å²) in [7, 11) is 20.1. The quantitative estimate of drug-likeness (QED) is 0.510. The molecular weight excluding hydrogens is 333 g/mol. The maximum atomic E-state index is 5.04. The fourth-order valence-electron chi connectivity index (χ4n) is 0.427. The molecule has 0 amide bonds. The van der Waals surface area contributed by atoms with Crippen LogP contribution in [0, 0.1) is 6.92 Å². The van der Waals surface area contributed by atoms with E-state index in [4.69, 9.17) is 35.7 Å². The van der Waals surface area contributed by atoms with Gasteiger partial charge in [0.05, 0.1) is 0 Å². The van der Waals surface area contributed by atoms with Gasteiger partial charge in [0.15, 0.2) is 0 Å². The molecule has 0 aromatic heterocycles. The van der Waals surface area contributed by atoms with Gasteiger partial charge in [-0.1, -0.05) is 39.5 Å². The van der Waals surface area contributed by atoms with Crippen LogP contribution in [0.5, 0.6) is 0 Å². The van der Waals surface area contributed by atoms with E-state index in [1.54, 1.807) is 0 Å². The zero-order valence-electron chi connectivity index (χ0n) is 6.55. The van der Waals surface area contributed by atoms with Crippen molar-refractivity contribution in [3.05, 3.63) is 6.92 Å². The maximum absolute atomic E-state index is 5.04. The van der Waals surface area contributed by atoms with Crippen LogP contribution in [-0.2, 0) is 0 Å². The number of unbranched alkanes of at least 4 members (excludes halogenated alkanes) is 3. The fraction of sp³-hybridized carbons (Fsp3) is 0.833. The molecule has 0 saturated carbocycles. The van der Waals surface area contributed by atoms with E-state index >= 15 is 0 Å². The normalized spacial score (nSPS) is 10.4. The van der Waals surface area contributed by atoms with Gasteiger partial charge in [0.1, 0.15) is 0 Å². The van der Waals surface area contributed by atoms with Crippen LogP contribution in [0.25, 0.3) is 0 Å². The third kappa shape index (κ3) is 48.2. The van der Waals surface area contributed by atoms with Crippen molar-refractivity contribution >= 4 is 49.6 Å². The van der Waals surface area contributed by atoms with Crippen LogP contribution in [0.1, 0.15) is 32.6 Å². The minimum atomic E-state index is -3.29. The van der Waals surface area contributed by atoms with Gasteiger partial charge in [0, 0.05) is 0 Å². The summed E-state index contributed by atoms with van der Waals surface area (Å²) in [4.78, 5) is 0. The topological polar surface area (TPSA) is 0 Å². The molecule has 0 heterocycles. The Morgan fingerprint density at radius 2 is 1.45 bits per heavy atom. The van der Waals surface area contributed by atoms with Crippen LogP contribution in [-0.4, -0.2) is 13.9 Å². The summed E-state index contributed by atoms with van der Waals surface area (Å²) in [5.41, 5.74) is 0. The molecule has 0 fully saturated rings. The van der Waals surface area contributed by atoms with Gasteiger partial charge in [-0.25, -0.2) is 0 Å². The summed E-state index contributed by atoms with van der Waals surface area (Å²) < 4.78 is 0. The minimum absolute atomic E-state index is 1.10. The van der Waals surface area contributed by atoms with E-state index in [0.717, 1.165) is 6.42 Å². The number of hydrogen-bond acceptors (Lipinski definition) is 0. The van der Waals surface area contributed by atoms with Crippen LogP contribution in [0.4, 0.5) is 0 Å². The van der Waals surface area contributed by atoms with Gasteiger partial charge in [0.2, 0.25) is 0 Å². The molecule has 11 heavy (non-hydrogen) atoms. The Hall–Kier alpha value is 1.96. The molecule has 0 nitrogen and oxygen atoms in total. The molecule has 0 rings (SSSR count). The summed E-state index contributed by atoms with van der Waals surface area (Å²) in [6, 6.07) is 0. The zero-order valence-corrected chi connectivity index (χ0v) is 12.4. The van der Waals surface area contributed by atoms with E-state index in [9.17, 15) is 0 Å². The second-order valence-electron chi connectivity index (χ2n) is 1.99. The van der Waals surface area contributed by atoms with E-state index in [1.807, 2.05) is 0 Å². The van der Waals surface area contributed by atoms with E-state index in [1.165, 1.54) is 19.3 Å². The Balaban J connectivity index is 0. The van der Waals surface area contributed by atoms with Crippen LogP contribution in [0.2, 0.25) is 0 Å². The van der Waals surface area contributed by atoms with Gasteiger partial charge in [-0.15, -0.1) is 0 Å². The first-order chi connectivity index (χ1) is 4.91. The van der Waals surface area contributed by atoms with Gasteiger partial charge >= 0.3 is 49.6 Å². The average molecular weight is 346 g/mol. The first-order valence-corrected chi connectivity index (χ1v) is 17.9. The summed E-state index contributed by atoms with van der Waals surface area (Å²) in [5, 5.41) is 0. The van der Waals surface area contributed by atoms with E-state index < -0.39 is 13.9 Å². The van der Waals surface area contributed by atoms with Crippen LogP contribution < -0.4 is 0 Å². The van der Waals surface area contributed by atoms with Gasteiger partial charge in [0.25, 0.3) is 0 Å². The zero-order chi connectivity index (χ0) is 9.33. The van der Waals surface area contributed by atoms with E-state index in [2.05, 4.69) is 13.8 Å². The molecule has 0 aliphatic rings. The molecule has 0 bridgehead atoms. The number of halogens is 4. The summed E-state index contributed by atoms with van der Waals surface area (Å²) in [6.45, 7) is 5.93. The molecule has 0 aromatic rings. The van der Waals surface area contributed by atoms with Crippen molar-refractivity contribution in [1.82, 2.24) is 0 Å². The average Bonchev–Trinajstić information content (AvgIpc) is 1.79. The van der Waals surface area contributed by atoms with Gasteiger partial charge in [-0.2, -0.15) is 0 Å². The van der Waals surface area contributed by atoms with E-state index in [-0.39, 0.29) is 0 Å². The molecular formula is C6H13Cl4Sn. The van der Waals surface area contributed by atoms with Crippen molar-refractivity contribution in [2.45, 2.75) is 32.6 Å². The predicted octanol–water partition coefficient (Wildman–Crippen LogP) is 4.78. The third-order valence-electron chi connectivity index (χ3n) is 0.854. The molecule has 0 aliphatic carbocycles. The third-order valence-corrected chi connectivity index (χ3v) is 0.854. The predicted molar refractivity (Wildman–Crippen MR) is 58.7 cm³/mol. The van der Waals surface area contributed by atoms with Crippen molar-refractivity contribution in [2.75, 3.05) is 0 Å². The number of rotatable bonds is 3. The SMILES string of the molecule is [CH2]CCCCC.[Cl][Sn]([Cl])([Cl])[Cl]. The fourth-order valence-corrected chi connectivity index (χ4v) is 0.427. The van der Waals surface area contributed by atoms with Gasteiger partial charge in [-0.05, 0) is 0 Å². The second-order valence-corrected chi connectivity index (χ2v) is 27.4. The Morgan fingerprint density at radius 1 is 1.09 bits per heavy atom. The molecule has 0 saturated heterocycles. The molecule has 0 aromatic carbocycles. The van der Waals surface area contributed by atoms with Crippen molar-refractivity contribution in [3.63, 3.8) is 0 Å². The molecule has 69 valence electrons. The molecule has 0 unspecified atom stereocenters. The van der Waals surface area contributed by atoms with Crippen molar-refractivity contribution in [2.24, 2.45) is 0 Å². The first-order valence-electron chi connectivity index (χ1n) is 3.46. The molecule has 0 aliphatic heterocycles. The Morgan fingerprint density at radius 3 is 1.55 bits per heavy atom. The summed E-state index contributed by atoms with van der Waals surface area (Å²) >= 11 is -3.29. The van der Waals surface area contributed by atoms with Crippen LogP contribution in [0.15, 0.2) is 0 Å². The van der Waals surface area contributed by atoms with Crippen LogP contribution >= 0.6 is 35.7 Å². The van der Waals surface area contributed by atoms with Gasteiger partial charge in [-0.3, -0.25) is 0 Å². The Bertz CT molecular complexity index is 61.5. The Kier molecular flexibility index (Phi) is 14.1. The second kappa shape index (κ2) is 10.0. The summed E-state index contributed by atoms with van der Waals surface area (Å²) in [5.74, 6) is 0. The molecule has 0 N–H and O–H groups in total. The molecule has 5 heteroatoms. The van der Waals surface area contributed by atoms with Crippen LogP contribution in [0.3, 0.4) is 0 Å². The van der Waals surface area contributed by atoms with Crippen molar-refractivity contribution < 1.29 is 0 Å². The summed E-state index contributed by atoms with van der Waals surface area (Å²) in [6.07, 6.45) is 5.07. The van der Waals surface area contributed by atoms with Crippen molar-refractivity contribution in [3.8, 4) is 0 Å². The van der Waals surface area contributed by atoms with E-state index in [0.29, 0.717) is 0 Å². The molecule has 0 spiro atoms. The molecule has 0 atom stereocenters. The Labute approximate surface area is 88.3 Å². The number of hydrogen-bond donors (Lipinski definition) is 0. The van der Waals surface area contributed by atoms with Crippen molar-refractivity contribution in [1.29, 1.82) is 0 Å². The first kappa shape index (κ1) is 15.4. The van der Waals surface area contributed by atoms with Gasteiger partial charge < -0.3 is 0 Å². The standard InChI is InChI=1S/C6H13.4ClH.Sn/c1-3-5-6-4-2;;;;;/h1,3-6H2,2H3;4*1H;/q;;;;;+4/p-4.